The molecule has 0 unspecified atom stereocenters. The van der Waals surface area contributed by atoms with Crippen molar-refractivity contribution < 1.29 is 29.3 Å². The Morgan fingerprint density at radius 3 is 2.70 bits per heavy atom. The van der Waals surface area contributed by atoms with Crippen molar-refractivity contribution in [1.82, 2.24) is 4.90 Å². The highest BCUT2D eigenvalue weighted by atomic mass is 79.9. The van der Waals surface area contributed by atoms with E-state index in [0.717, 1.165) is 11.0 Å². The molecule has 1 heterocycles. The van der Waals surface area contributed by atoms with Gasteiger partial charge in [0.1, 0.15) is 17.0 Å². The number of imide groups is 1. The first-order valence-electron chi connectivity index (χ1n) is 6.46. The van der Waals surface area contributed by atoms with E-state index in [4.69, 9.17) is 5.11 Å². The number of carbonyl (C=O) groups is 3. The lowest BCUT2D eigenvalue weighted by atomic mass is 10.1. The third-order valence-corrected chi connectivity index (χ3v) is 3.93. The second kappa shape index (κ2) is 6.80. The number of nitrogens with one attached hydrogen (secondary N) is 1. The van der Waals surface area contributed by atoms with Gasteiger partial charge in [0, 0.05) is 6.08 Å². The summed E-state index contributed by atoms with van der Waals surface area (Å²) in [5.41, 5.74) is 0.234. The highest BCUT2D eigenvalue weighted by molar-refractivity contribution is 9.10. The topological polar surface area (TPSA) is 116 Å². The fraction of sp³-hybridized carbons (Fsp3) is 0.214. The number of ether oxygens (including phenoxy) is 1. The first-order valence-corrected chi connectivity index (χ1v) is 7.25. The first-order chi connectivity index (χ1) is 10.9. The molecule has 2 rings (SSSR count). The standard InChI is InChI=1S/C14H13BrN2O6/c1-23-14(22)7-2-3-8(11(15)12(7)20)16-9-6-10(19)17(4-5-18)13(9)21/h2-3,6,16,18,20H,4-5H2,1H3. The second-order valence-corrected chi connectivity index (χ2v) is 5.31. The molecule has 0 radical (unpaired) electrons. The Morgan fingerprint density at radius 2 is 2.09 bits per heavy atom. The van der Waals surface area contributed by atoms with Crippen molar-refractivity contribution in [3.63, 3.8) is 0 Å². The lowest BCUT2D eigenvalue weighted by molar-refractivity contribution is -0.137. The number of benzene rings is 1. The molecule has 0 bridgehead atoms. The lowest BCUT2D eigenvalue weighted by Gasteiger charge is -2.15. The molecule has 1 aliphatic heterocycles. The van der Waals surface area contributed by atoms with Crippen molar-refractivity contribution in [3.8, 4) is 5.75 Å². The molecule has 0 saturated heterocycles. The molecule has 9 heteroatoms. The summed E-state index contributed by atoms with van der Waals surface area (Å²) < 4.78 is 4.68. The van der Waals surface area contributed by atoms with E-state index in [9.17, 15) is 19.5 Å². The number of rotatable bonds is 5. The van der Waals surface area contributed by atoms with Gasteiger partial charge in [-0.25, -0.2) is 4.79 Å². The van der Waals surface area contributed by atoms with Crippen molar-refractivity contribution in [2.45, 2.75) is 0 Å². The fourth-order valence-corrected chi connectivity index (χ4v) is 2.44. The van der Waals surface area contributed by atoms with Crippen molar-refractivity contribution in [3.05, 3.63) is 33.9 Å². The Labute approximate surface area is 139 Å². The number of amides is 2. The van der Waals surface area contributed by atoms with Gasteiger partial charge in [0.25, 0.3) is 11.8 Å². The van der Waals surface area contributed by atoms with Gasteiger partial charge in [0.2, 0.25) is 0 Å². The maximum atomic E-state index is 12.0. The minimum absolute atomic E-state index is 0.00521. The normalized spacial score (nSPS) is 14.0. The number of hydrogen-bond donors (Lipinski definition) is 3. The maximum Gasteiger partial charge on any atom is 0.341 e. The number of halogens is 1. The van der Waals surface area contributed by atoms with Crippen LogP contribution in [0.4, 0.5) is 5.69 Å². The lowest BCUT2D eigenvalue weighted by Crippen LogP contribution is -2.34. The van der Waals surface area contributed by atoms with Crippen LogP contribution in [0.5, 0.6) is 5.75 Å². The van der Waals surface area contributed by atoms with Crippen LogP contribution in [-0.2, 0) is 14.3 Å². The highest BCUT2D eigenvalue weighted by Gasteiger charge is 2.31. The third kappa shape index (κ3) is 3.20. The molecule has 2 amide bonds. The van der Waals surface area contributed by atoms with E-state index in [0.29, 0.717) is 0 Å². The number of methoxy groups -OCH3 is 1. The average Bonchev–Trinajstić information content (AvgIpc) is 2.79. The third-order valence-electron chi connectivity index (χ3n) is 3.12. The molecule has 0 spiro atoms. The monoisotopic (exact) mass is 384 g/mol. The number of hydrogen-bond acceptors (Lipinski definition) is 7. The fourth-order valence-electron chi connectivity index (χ4n) is 1.99. The van der Waals surface area contributed by atoms with Gasteiger partial charge in [-0.2, -0.15) is 0 Å². The summed E-state index contributed by atoms with van der Waals surface area (Å²) in [6, 6.07) is 2.77. The number of carbonyl (C=O) groups excluding carboxylic acids is 3. The van der Waals surface area contributed by atoms with E-state index in [1.807, 2.05) is 0 Å². The Bertz CT molecular complexity index is 715. The average molecular weight is 385 g/mol. The van der Waals surface area contributed by atoms with Crippen LogP contribution in [0.1, 0.15) is 10.4 Å². The number of anilines is 1. The molecule has 0 atom stereocenters. The van der Waals surface area contributed by atoms with Crippen LogP contribution in [0.25, 0.3) is 0 Å². The molecule has 0 saturated carbocycles. The minimum atomic E-state index is -0.713. The van der Waals surface area contributed by atoms with Gasteiger partial charge >= 0.3 is 5.97 Å². The molecule has 122 valence electrons. The van der Waals surface area contributed by atoms with E-state index < -0.39 is 17.8 Å². The van der Waals surface area contributed by atoms with Crippen molar-refractivity contribution >= 4 is 39.4 Å². The number of aliphatic hydroxyl groups is 1. The number of aliphatic hydroxyl groups excluding tert-OH is 1. The largest absolute Gasteiger partial charge is 0.506 e. The van der Waals surface area contributed by atoms with E-state index in [1.165, 1.54) is 19.2 Å². The number of aromatic hydroxyl groups is 1. The summed E-state index contributed by atoms with van der Waals surface area (Å²) >= 11 is 3.12. The van der Waals surface area contributed by atoms with E-state index in [-0.39, 0.29) is 40.3 Å². The van der Waals surface area contributed by atoms with E-state index >= 15 is 0 Å². The van der Waals surface area contributed by atoms with Gasteiger partial charge in [-0.15, -0.1) is 0 Å². The van der Waals surface area contributed by atoms with Gasteiger partial charge in [-0.1, -0.05) is 0 Å². The van der Waals surface area contributed by atoms with Crippen molar-refractivity contribution in [2.75, 3.05) is 25.6 Å². The summed E-state index contributed by atoms with van der Waals surface area (Å²) in [5.74, 6) is -2.20. The van der Waals surface area contributed by atoms with Gasteiger partial charge in [-0.3, -0.25) is 14.5 Å². The summed E-state index contributed by atoms with van der Waals surface area (Å²) in [6.45, 7) is -0.441. The zero-order valence-electron chi connectivity index (χ0n) is 12.0. The first kappa shape index (κ1) is 17.0. The molecule has 1 aliphatic rings. The Hall–Kier alpha value is -2.39. The summed E-state index contributed by atoms with van der Waals surface area (Å²) in [5, 5.41) is 21.6. The Kier molecular flexibility index (Phi) is 5.02. The molecule has 8 nitrogen and oxygen atoms in total. The van der Waals surface area contributed by atoms with Crippen LogP contribution in [0.15, 0.2) is 28.4 Å². The van der Waals surface area contributed by atoms with Crippen LogP contribution in [-0.4, -0.2) is 53.2 Å². The zero-order valence-corrected chi connectivity index (χ0v) is 13.6. The van der Waals surface area contributed by atoms with Gasteiger partial charge in [0.15, 0.2) is 0 Å². The smallest absolute Gasteiger partial charge is 0.341 e. The van der Waals surface area contributed by atoms with Gasteiger partial charge < -0.3 is 20.3 Å². The predicted octanol–water partition coefficient (Wildman–Crippen LogP) is 0.598. The molecule has 0 aromatic heterocycles. The molecule has 3 N–H and O–H groups in total. The summed E-state index contributed by atoms with van der Waals surface area (Å²) in [6.07, 6.45) is 1.09. The Morgan fingerprint density at radius 1 is 1.39 bits per heavy atom. The van der Waals surface area contributed by atoms with Gasteiger partial charge in [0.05, 0.1) is 30.4 Å². The molecule has 1 aromatic carbocycles. The quantitative estimate of drug-likeness (QED) is 0.502. The van der Waals surface area contributed by atoms with Gasteiger partial charge in [-0.05, 0) is 28.1 Å². The van der Waals surface area contributed by atoms with Crippen molar-refractivity contribution in [2.24, 2.45) is 0 Å². The van der Waals surface area contributed by atoms with Crippen molar-refractivity contribution in [1.29, 1.82) is 0 Å². The number of nitrogens with zero attached hydrogens (tertiary/aromatic N) is 1. The zero-order chi connectivity index (χ0) is 17.1. The van der Waals surface area contributed by atoms with Crippen LogP contribution in [0, 0.1) is 0 Å². The second-order valence-electron chi connectivity index (χ2n) is 4.52. The number of β-amino-alcohol motifs (C(OH)–C–C–N with tert-alkyl or cyclic N) is 1. The Balaban J connectivity index is 2.27. The minimum Gasteiger partial charge on any atom is -0.506 e. The van der Waals surface area contributed by atoms with E-state index in [1.54, 1.807) is 0 Å². The maximum absolute atomic E-state index is 12.0. The number of phenols is 1. The molecule has 23 heavy (non-hydrogen) atoms. The van der Waals surface area contributed by atoms with Crippen LogP contribution in [0.3, 0.4) is 0 Å². The summed E-state index contributed by atoms with van der Waals surface area (Å²) in [4.78, 5) is 36.1. The van der Waals surface area contributed by atoms with Crippen LogP contribution in [0.2, 0.25) is 0 Å². The van der Waals surface area contributed by atoms with Crippen LogP contribution >= 0.6 is 15.9 Å². The molecular weight excluding hydrogens is 372 g/mol. The molecule has 0 fully saturated rings. The van der Waals surface area contributed by atoms with E-state index in [2.05, 4.69) is 26.0 Å². The number of esters is 1. The molecular formula is C14H13BrN2O6. The highest BCUT2D eigenvalue weighted by Crippen LogP contribution is 2.36. The predicted molar refractivity (Wildman–Crippen MR) is 82.7 cm³/mol. The number of phenolic OH excluding ortho intramolecular Hbond substituents is 1. The summed E-state index contributed by atoms with van der Waals surface area (Å²) in [7, 11) is 1.19. The van der Waals surface area contributed by atoms with Crippen LogP contribution < -0.4 is 5.32 Å². The SMILES string of the molecule is COC(=O)c1ccc(NC2=CC(=O)N(CCO)C2=O)c(Br)c1O. The molecule has 0 aliphatic carbocycles. The molecule has 1 aromatic rings.